The van der Waals surface area contributed by atoms with E-state index in [1.165, 1.54) is 0 Å². The zero-order valence-electron chi connectivity index (χ0n) is 10.9. The van der Waals surface area contributed by atoms with E-state index >= 15 is 0 Å². The van der Waals surface area contributed by atoms with Crippen molar-refractivity contribution < 1.29 is 29.6 Å². The van der Waals surface area contributed by atoms with Gasteiger partial charge in [0.1, 0.15) is 0 Å². The van der Waals surface area contributed by atoms with Crippen LogP contribution in [0.4, 0.5) is 0 Å². The summed E-state index contributed by atoms with van der Waals surface area (Å²) in [5.74, 6) is -3.30. The van der Waals surface area contributed by atoms with Crippen molar-refractivity contribution in [2.45, 2.75) is 26.2 Å². The summed E-state index contributed by atoms with van der Waals surface area (Å²) >= 11 is 2.99. The molecule has 20 heavy (non-hydrogen) atoms. The highest BCUT2D eigenvalue weighted by molar-refractivity contribution is 9.10. The summed E-state index contributed by atoms with van der Waals surface area (Å²) in [4.78, 5) is 22.2. The third-order valence-electron chi connectivity index (χ3n) is 2.64. The van der Waals surface area contributed by atoms with Gasteiger partial charge < -0.3 is 20.1 Å². The van der Waals surface area contributed by atoms with Crippen LogP contribution in [-0.2, 0) is 0 Å². The van der Waals surface area contributed by atoms with E-state index in [2.05, 4.69) is 15.9 Å². The lowest BCUT2D eigenvalue weighted by Crippen LogP contribution is -2.10. The first-order valence-electron chi connectivity index (χ1n) is 6.05. The maximum absolute atomic E-state index is 11.2. The molecule has 1 aromatic rings. The molecule has 0 saturated carbocycles. The normalized spacial score (nSPS) is 10.3. The summed E-state index contributed by atoms with van der Waals surface area (Å²) < 4.78 is 5.27. The topological polar surface area (TPSA) is 104 Å². The highest BCUT2D eigenvalue weighted by Gasteiger charge is 2.25. The molecule has 0 unspecified atom stereocenters. The molecule has 0 saturated heterocycles. The molecule has 0 radical (unpaired) electrons. The molecule has 7 heteroatoms. The van der Waals surface area contributed by atoms with Gasteiger partial charge in [0.15, 0.2) is 11.5 Å². The van der Waals surface area contributed by atoms with Crippen LogP contribution in [0.25, 0.3) is 0 Å². The fourth-order valence-corrected chi connectivity index (χ4v) is 2.36. The summed E-state index contributed by atoms with van der Waals surface area (Å²) in [6.07, 6.45) is 2.69. The molecule has 0 fully saturated rings. The highest BCUT2D eigenvalue weighted by atomic mass is 79.9. The molecule has 1 aromatic carbocycles. The molecule has 0 atom stereocenters. The maximum atomic E-state index is 11.2. The molecule has 6 nitrogen and oxygen atoms in total. The molecule has 1 rings (SSSR count). The number of phenolic OH excluding ortho intramolecular Hbond substituents is 1. The van der Waals surface area contributed by atoms with E-state index in [0.29, 0.717) is 6.61 Å². The molecular weight excluding hydrogens is 332 g/mol. The second-order valence-corrected chi connectivity index (χ2v) is 4.92. The second kappa shape index (κ2) is 7.14. The van der Waals surface area contributed by atoms with Crippen LogP contribution < -0.4 is 4.74 Å². The maximum Gasteiger partial charge on any atom is 0.337 e. The zero-order valence-corrected chi connectivity index (χ0v) is 12.4. The van der Waals surface area contributed by atoms with E-state index in [-0.39, 0.29) is 10.2 Å². The van der Waals surface area contributed by atoms with Crippen LogP contribution >= 0.6 is 15.9 Å². The quantitative estimate of drug-likeness (QED) is 0.655. The van der Waals surface area contributed by atoms with E-state index < -0.39 is 28.8 Å². The van der Waals surface area contributed by atoms with Crippen LogP contribution in [0.3, 0.4) is 0 Å². The number of hydrogen-bond donors (Lipinski definition) is 3. The fraction of sp³-hybridized carbons (Fsp3) is 0.385. The lowest BCUT2D eigenvalue weighted by Gasteiger charge is -2.13. The zero-order chi connectivity index (χ0) is 15.3. The minimum absolute atomic E-state index is 0.0523. The Morgan fingerprint density at radius 2 is 1.90 bits per heavy atom. The highest BCUT2D eigenvalue weighted by Crippen LogP contribution is 2.39. The lowest BCUT2D eigenvalue weighted by molar-refractivity contribution is 0.0649. The van der Waals surface area contributed by atoms with Gasteiger partial charge in [-0.1, -0.05) is 19.8 Å². The van der Waals surface area contributed by atoms with Crippen molar-refractivity contribution in [3.63, 3.8) is 0 Å². The number of halogens is 1. The van der Waals surface area contributed by atoms with Gasteiger partial charge in [-0.3, -0.25) is 0 Å². The Kier molecular flexibility index (Phi) is 5.82. The molecule has 0 aliphatic carbocycles. The van der Waals surface area contributed by atoms with Crippen molar-refractivity contribution in [1.82, 2.24) is 0 Å². The molecule has 0 bridgehead atoms. The number of unbranched alkanes of at least 4 members (excludes halogenated alkanes) is 2. The Bertz CT molecular complexity index is 526. The number of carbonyl (C=O) groups is 2. The lowest BCUT2D eigenvalue weighted by atomic mass is 10.1. The van der Waals surface area contributed by atoms with Crippen LogP contribution in [0, 0.1) is 0 Å². The summed E-state index contributed by atoms with van der Waals surface area (Å²) in [5, 5.41) is 27.8. The van der Waals surface area contributed by atoms with Crippen molar-refractivity contribution >= 4 is 27.9 Å². The van der Waals surface area contributed by atoms with Crippen LogP contribution in [0.5, 0.6) is 11.5 Å². The molecule has 3 N–H and O–H groups in total. The first kappa shape index (κ1) is 16.3. The smallest absolute Gasteiger partial charge is 0.337 e. The molecule has 0 spiro atoms. The summed E-state index contributed by atoms with van der Waals surface area (Å²) in [7, 11) is 0. The van der Waals surface area contributed by atoms with Crippen LogP contribution in [0.1, 0.15) is 46.9 Å². The van der Waals surface area contributed by atoms with E-state index in [9.17, 15) is 14.7 Å². The third-order valence-corrected chi connectivity index (χ3v) is 3.40. The first-order valence-corrected chi connectivity index (χ1v) is 6.84. The van der Waals surface area contributed by atoms with Crippen molar-refractivity contribution in [2.24, 2.45) is 0 Å². The fourth-order valence-electron chi connectivity index (χ4n) is 1.66. The van der Waals surface area contributed by atoms with Gasteiger partial charge in [-0.2, -0.15) is 0 Å². The van der Waals surface area contributed by atoms with Gasteiger partial charge >= 0.3 is 11.9 Å². The van der Waals surface area contributed by atoms with Crippen molar-refractivity contribution in [2.75, 3.05) is 6.61 Å². The molecule has 0 aromatic heterocycles. The second-order valence-electron chi connectivity index (χ2n) is 4.13. The molecular formula is C13H15BrO6. The molecule has 0 heterocycles. The number of carboxylic acids is 2. The number of aromatic hydroxyl groups is 1. The van der Waals surface area contributed by atoms with Gasteiger partial charge in [0.05, 0.1) is 22.2 Å². The van der Waals surface area contributed by atoms with E-state index in [4.69, 9.17) is 14.9 Å². The SMILES string of the molecule is CCCCCOc1c(O)cc(C(=O)O)c(C(=O)O)c1Br. The number of carboxylic acid groups (broad SMARTS) is 2. The molecule has 0 aliphatic heterocycles. The van der Waals surface area contributed by atoms with E-state index in [1.54, 1.807) is 0 Å². The number of hydrogen-bond acceptors (Lipinski definition) is 4. The van der Waals surface area contributed by atoms with Gasteiger partial charge in [-0.05, 0) is 28.4 Å². The minimum Gasteiger partial charge on any atom is -0.504 e. The minimum atomic E-state index is -1.43. The number of benzene rings is 1. The number of rotatable bonds is 7. The Labute approximate surface area is 124 Å². The number of aromatic carboxylic acids is 2. The summed E-state index contributed by atoms with van der Waals surface area (Å²) in [6, 6.07) is 0.881. The predicted octanol–water partition coefficient (Wildman–Crippen LogP) is 3.12. The Balaban J connectivity index is 3.16. The Hall–Kier alpha value is -1.76. The van der Waals surface area contributed by atoms with E-state index in [1.807, 2.05) is 6.92 Å². The van der Waals surface area contributed by atoms with Crippen molar-refractivity contribution in [3.8, 4) is 11.5 Å². The van der Waals surface area contributed by atoms with E-state index in [0.717, 1.165) is 25.3 Å². The predicted molar refractivity (Wildman–Crippen MR) is 74.7 cm³/mol. The molecule has 0 aliphatic rings. The largest absolute Gasteiger partial charge is 0.504 e. The monoisotopic (exact) mass is 346 g/mol. The van der Waals surface area contributed by atoms with Crippen LogP contribution in [0.15, 0.2) is 10.5 Å². The Morgan fingerprint density at radius 3 is 2.40 bits per heavy atom. The molecule has 0 amide bonds. The van der Waals surface area contributed by atoms with Gasteiger partial charge in [-0.25, -0.2) is 9.59 Å². The average molecular weight is 347 g/mol. The number of phenols is 1. The summed E-state index contributed by atoms with van der Waals surface area (Å²) in [6.45, 7) is 2.34. The van der Waals surface area contributed by atoms with Gasteiger partial charge in [0.2, 0.25) is 0 Å². The number of ether oxygens (including phenoxy) is 1. The van der Waals surface area contributed by atoms with Crippen LogP contribution in [-0.4, -0.2) is 33.9 Å². The standard InChI is InChI=1S/C13H15BrO6/c1-2-3-4-5-20-11-8(15)6-7(12(16)17)9(10(11)14)13(18)19/h6,15H,2-5H2,1H3,(H,16,17)(H,18,19). The average Bonchev–Trinajstić information content (AvgIpc) is 2.36. The van der Waals surface area contributed by atoms with Gasteiger partial charge in [0.25, 0.3) is 0 Å². The first-order chi connectivity index (χ1) is 9.40. The summed E-state index contributed by atoms with van der Waals surface area (Å²) in [5.41, 5.74) is -0.941. The van der Waals surface area contributed by atoms with Crippen LogP contribution in [0.2, 0.25) is 0 Å². The van der Waals surface area contributed by atoms with Gasteiger partial charge in [0, 0.05) is 0 Å². The van der Waals surface area contributed by atoms with Gasteiger partial charge in [-0.15, -0.1) is 0 Å². The van der Waals surface area contributed by atoms with Crippen molar-refractivity contribution in [1.29, 1.82) is 0 Å². The Morgan fingerprint density at radius 1 is 1.25 bits per heavy atom. The van der Waals surface area contributed by atoms with Crippen molar-refractivity contribution in [3.05, 3.63) is 21.7 Å². The molecule has 110 valence electrons. The third kappa shape index (κ3) is 3.63.